The summed E-state index contributed by atoms with van der Waals surface area (Å²) in [7, 11) is 0. The molecule has 0 saturated carbocycles. The van der Waals surface area contributed by atoms with E-state index in [1.54, 1.807) is 12.1 Å². The van der Waals surface area contributed by atoms with Crippen LogP contribution in [0.1, 0.15) is 0 Å². The van der Waals surface area contributed by atoms with Gasteiger partial charge in [-0.15, -0.1) is 0 Å². The molecule has 3 nitrogen and oxygen atoms in total. The number of rotatable bonds is 1. The minimum absolute atomic E-state index is 0.302. The molecule has 0 radical (unpaired) electrons. The van der Waals surface area contributed by atoms with Crippen LogP contribution in [0, 0.1) is 0 Å². The molecule has 0 aliphatic rings. The third-order valence-electron chi connectivity index (χ3n) is 1.62. The summed E-state index contributed by atoms with van der Waals surface area (Å²) >= 11 is 0. The lowest BCUT2D eigenvalue weighted by Gasteiger charge is -1.91. The van der Waals surface area contributed by atoms with E-state index in [1.165, 1.54) is 12.1 Å². The highest BCUT2D eigenvalue weighted by atomic mass is 16.4. The van der Waals surface area contributed by atoms with Gasteiger partial charge in [0.05, 0.1) is 0 Å². The summed E-state index contributed by atoms with van der Waals surface area (Å²) < 4.78 is 4.91. The Bertz CT molecular complexity index is 505. The second-order valence-corrected chi connectivity index (χ2v) is 2.66. The SMILES string of the molecule is C=CC=O.O=c1ccc2ccccc2o1. The zero-order valence-electron chi connectivity index (χ0n) is 8.05. The van der Waals surface area contributed by atoms with Crippen molar-refractivity contribution in [3.8, 4) is 0 Å². The van der Waals surface area contributed by atoms with E-state index in [0.717, 1.165) is 5.39 Å². The Morgan fingerprint density at radius 1 is 1.13 bits per heavy atom. The van der Waals surface area contributed by atoms with Crippen molar-refractivity contribution in [2.45, 2.75) is 0 Å². The molecular formula is C12H10O3. The fourth-order valence-electron chi connectivity index (χ4n) is 1.01. The van der Waals surface area contributed by atoms with Crippen LogP contribution in [-0.2, 0) is 4.79 Å². The second kappa shape index (κ2) is 5.54. The topological polar surface area (TPSA) is 47.3 Å². The number of aldehydes is 1. The lowest BCUT2D eigenvalue weighted by atomic mass is 10.2. The van der Waals surface area contributed by atoms with Gasteiger partial charge in [0, 0.05) is 11.5 Å². The van der Waals surface area contributed by atoms with Crippen LogP contribution in [0.25, 0.3) is 11.0 Å². The monoisotopic (exact) mass is 202 g/mol. The Morgan fingerprint density at radius 3 is 2.47 bits per heavy atom. The van der Waals surface area contributed by atoms with E-state index < -0.39 is 0 Å². The first-order valence-corrected chi connectivity index (χ1v) is 4.33. The third kappa shape index (κ3) is 3.23. The Kier molecular flexibility index (Phi) is 4.04. The van der Waals surface area contributed by atoms with Crippen molar-refractivity contribution in [2.75, 3.05) is 0 Å². The van der Waals surface area contributed by atoms with Crippen LogP contribution in [0.5, 0.6) is 0 Å². The van der Waals surface area contributed by atoms with E-state index in [4.69, 9.17) is 9.21 Å². The van der Waals surface area contributed by atoms with Crippen LogP contribution in [0.15, 0.2) is 58.3 Å². The summed E-state index contributed by atoms with van der Waals surface area (Å²) in [5.74, 6) is 0. The van der Waals surface area contributed by atoms with E-state index in [-0.39, 0.29) is 5.63 Å². The van der Waals surface area contributed by atoms with Crippen molar-refractivity contribution in [1.82, 2.24) is 0 Å². The molecule has 1 heterocycles. The third-order valence-corrected chi connectivity index (χ3v) is 1.62. The molecule has 0 spiro atoms. The maximum Gasteiger partial charge on any atom is 0.336 e. The normalized spacial score (nSPS) is 8.80. The van der Waals surface area contributed by atoms with Gasteiger partial charge in [-0.1, -0.05) is 24.8 Å². The fourth-order valence-corrected chi connectivity index (χ4v) is 1.01. The standard InChI is InChI=1S/C9H6O2.C3H4O/c10-9-6-5-7-3-1-2-4-8(7)11-9;1-2-3-4/h1-6H;2-3H,1H2. The molecule has 3 heteroatoms. The van der Waals surface area contributed by atoms with Gasteiger partial charge in [0.2, 0.25) is 0 Å². The summed E-state index contributed by atoms with van der Waals surface area (Å²) in [6.45, 7) is 3.11. The summed E-state index contributed by atoms with van der Waals surface area (Å²) in [6.07, 6.45) is 1.83. The molecule has 15 heavy (non-hydrogen) atoms. The van der Waals surface area contributed by atoms with E-state index >= 15 is 0 Å². The molecule has 0 bridgehead atoms. The van der Waals surface area contributed by atoms with Crippen molar-refractivity contribution in [1.29, 1.82) is 0 Å². The van der Waals surface area contributed by atoms with Crippen LogP contribution in [0.4, 0.5) is 0 Å². The minimum Gasteiger partial charge on any atom is -0.423 e. The lowest BCUT2D eigenvalue weighted by molar-refractivity contribution is -0.104. The molecule has 1 aromatic heterocycles. The molecule has 0 aliphatic heterocycles. The van der Waals surface area contributed by atoms with Gasteiger partial charge < -0.3 is 4.42 Å². The van der Waals surface area contributed by atoms with Gasteiger partial charge in [-0.3, -0.25) is 4.79 Å². The summed E-state index contributed by atoms with van der Waals surface area (Å²) in [5.41, 5.74) is 0.337. The Morgan fingerprint density at radius 2 is 1.80 bits per heavy atom. The zero-order chi connectivity index (χ0) is 11.1. The summed E-state index contributed by atoms with van der Waals surface area (Å²) in [6, 6.07) is 10.6. The van der Waals surface area contributed by atoms with Gasteiger partial charge in [-0.2, -0.15) is 0 Å². The van der Waals surface area contributed by atoms with Crippen molar-refractivity contribution in [2.24, 2.45) is 0 Å². The number of hydrogen-bond donors (Lipinski definition) is 0. The number of carbonyl (C=O) groups is 1. The van der Waals surface area contributed by atoms with Crippen LogP contribution in [0.2, 0.25) is 0 Å². The Hall–Kier alpha value is -2.16. The molecule has 0 fully saturated rings. The number of benzene rings is 1. The molecule has 2 aromatic rings. The highest BCUT2D eigenvalue weighted by Crippen LogP contribution is 2.08. The van der Waals surface area contributed by atoms with Crippen molar-refractivity contribution in [3.05, 3.63) is 59.5 Å². The van der Waals surface area contributed by atoms with Crippen LogP contribution >= 0.6 is 0 Å². The van der Waals surface area contributed by atoms with Crippen LogP contribution < -0.4 is 5.63 Å². The van der Waals surface area contributed by atoms with Crippen LogP contribution in [-0.4, -0.2) is 6.29 Å². The van der Waals surface area contributed by atoms with Gasteiger partial charge in [-0.25, -0.2) is 4.79 Å². The highest BCUT2D eigenvalue weighted by Gasteiger charge is 1.92. The number of fused-ring (bicyclic) bond motifs is 1. The fraction of sp³-hybridized carbons (Fsp3) is 0. The number of hydrogen-bond acceptors (Lipinski definition) is 3. The molecule has 0 atom stereocenters. The van der Waals surface area contributed by atoms with Crippen LogP contribution in [0.3, 0.4) is 0 Å². The maximum absolute atomic E-state index is 10.7. The zero-order valence-corrected chi connectivity index (χ0v) is 8.05. The Labute approximate surface area is 86.7 Å². The molecule has 0 saturated heterocycles. The molecular weight excluding hydrogens is 192 g/mol. The molecule has 76 valence electrons. The van der Waals surface area contributed by atoms with Crippen molar-refractivity contribution in [3.63, 3.8) is 0 Å². The average molecular weight is 202 g/mol. The van der Waals surface area contributed by atoms with E-state index in [1.807, 2.05) is 18.2 Å². The predicted octanol–water partition coefficient (Wildman–Crippen LogP) is 2.16. The first-order chi connectivity index (χ1) is 7.27. The van der Waals surface area contributed by atoms with Gasteiger partial charge in [0.25, 0.3) is 0 Å². The van der Waals surface area contributed by atoms with E-state index in [9.17, 15) is 4.79 Å². The first kappa shape index (κ1) is 10.9. The Balaban J connectivity index is 0.000000245. The summed E-state index contributed by atoms with van der Waals surface area (Å²) in [5, 5.41) is 0.951. The van der Waals surface area contributed by atoms with E-state index in [2.05, 4.69) is 6.58 Å². The molecule has 0 aliphatic carbocycles. The van der Waals surface area contributed by atoms with Gasteiger partial charge in [0.1, 0.15) is 11.9 Å². The highest BCUT2D eigenvalue weighted by molar-refractivity contribution is 5.75. The van der Waals surface area contributed by atoms with Gasteiger partial charge >= 0.3 is 5.63 Å². The van der Waals surface area contributed by atoms with Crippen molar-refractivity contribution >= 4 is 17.3 Å². The molecule has 0 N–H and O–H groups in total. The maximum atomic E-state index is 10.7. The molecule has 0 amide bonds. The second-order valence-electron chi connectivity index (χ2n) is 2.66. The number of para-hydroxylation sites is 1. The van der Waals surface area contributed by atoms with E-state index in [0.29, 0.717) is 11.9 Å². The molecule has 1 aromatic carbocycles. The molecule has 2 rings (SSSR count). The lowest BCUT2D eigenvalue weighted by Crippen LogP contribution is -1.93. The predicted molar refractivity (Wildman–Crippen MR) is 58.7 cm³/mol. The summed E-state index contributed by atoms with van der Waals surface area (Å²) in [4.78, 5) is 19.8. The van der Waals surface area contributed by atoms with Crippen molar-refractivity contribution < 1.29 is 9.21 Å². The largest absolute Gasteiger partial charge is 0.423 e. The van der Waals surface area contributed by atoms with Gasteiger partial charge in [0.15, 0.2) is 0 Å². The number of allylic oxidation sites excluding steroid dienone is 1. The average Bonchev–Trinajstić information content (AvgIpc) is 2.29. The first-order valence-electron chi connectivity index (χ1n) is 4.33. The van der Waals surface area contributed by atoms with Gasteiger partial charge in [-0.05, 0) is 18.2 Å². The quantitative estimate of drug-likeness (QED) is 0.404. The smallest absolute Gasteiger partial charge is 0.336 e. The number of carbonyl (C=O) groups excluding carboxylic acids is 1. The molecule has 0 unspecified atom stereocenters. The minimum atomic E-state index is -0.302.